The van der Waals surface area contributed by atoms with E-state index in [4.69, 9.17) is 5.11 Å². The maximum Gasteiger partial charge on any atom is 0.305 e. The molecule has 2 aromatic rings. The zero-order valence-electron chi connectivity index (χ0n) is 11.9. The van der Waals surface area contributed by atoms with Gasteiger partial charge in [-0.3, -0.25) is 19.0 Å². The molecule has 112 valence electrons. The normalized spacial score (nSPS) is 10.6. The molecule has 0 aromatic carbocycles. The summed E-state index contributed by atoms with van der Waals surface area (Å²) >= 11 is 0. The third-order valence-electron chi connectivity index (χ3n) is 3.20. The Hall–Kier alpha value is -2.64. The minimum atomic E-state index is -0.899. The molecule has 2 aromatic heterocycles. The van der Waals surface area contributed by atoms with Crippen LogP contribution in [0.25, 0.3) is 0 Å². The minimum Gasteiger partial charge on any atom is -0.481 e. The standard InChI is InChI=1S/C13H17N5O3/c1-9-10(8-15-17(9)2)7-14-13(21)11-3-5-18(16-11)6-4-12(19)20/h3,5,8H,4,6-7H2,1-2H3,(H,14,21)(H,19,20). The third kappa shape index (κ3) is 3.68. The number of aliphatic carboxylic acids is 1. The summed E-state index contributed by atoms with van der Waals surface area (Å²) in [6.07, 6.45) is 3.27. The Bertz CT molecular complexity index is 659. The van der Waals surface area contributed by atoms with E-state index >= 15 is 0 Å². The van der Waals surface area contributed by atoms with Gasteiger partial charge >= 0.3 is 5.97 Å². The highest BCUT2D eigenvalue weighted by atomic mass is 16.4. The van der Waals surface area contributed by atoms with Crippen molar-refractivity contribution in [2.45, 2.75) is 26.4 Å². The molecule has 2 heterocycles. The van der Waals surface area contributed by atoms with E-state index < -0.39 is 5.97 Å². The summed E-state index contributed by atoms with van der Waals surface area (Å²) in [5, 5.41) is 19.5. The van der Waals surface area contributed by atoms with Crippen LogP contribution in [-0.4, -0.2) is 36.5 Å². The van der Waals surface area contributed by atoms with E-state index in [0.717, 1.165) is 11.3 Å². The predicted octanol–water partition coefficient (Wildman–Crippen LogP) is 0.330. The van der Waals surface area contributed by atoms with Crippen molar-refractivity contribution in [1.82, 2.24) is 24.9 Å². The fourth-order valence-electron chi connectivity index (χ4n) is 1.80. The lowest BCUT2D eigenvalue weighted by molar-refractivity contribution is -0.137. The van der Waals surface area contributed by atoms with Gasteiger partial charge in [0, 0.05) is 31.0 Å². The predicted molar refractivity (Wildman–Crippen MR) is 73.6 cm³/mol. The highest BCUT2D eigenvalue weighted by Crippen LogP contribution is 2.05. The molecule has 0 saturated carbocycles. The quantitative estimate of drug-likeness (QED) is 0.798. The molecule has 0 unspecified atom stereocenters. The van der Waals surface area contributed by atoms with Gasteiger partial charge in [0.05, 0.1) is 19.2 Å². The van der Waals surface area contributed by atoms with Crippen LogP contribution in [0.2, 0.25) is 0 Å². The maximum absolute atomic E-state index is 12.0. The van der Waals surface area contributed by atoms with Crippen molar-refractivity contribution in [3.63, 3.8) is 0 Å². The summed E-state index contributed by atoms with van der Waals surface area (Å²) < 4.78 is 3.18. The van der Waals surface area contributed by atoms with Gasteiger partial charge in [0.25, 0.3) is 5.91 Å². The molecular formula is C13H17N5O3. The molecule has 8 nitrogen and oxygen atoms in total. The van der Waals surface area contributed by atoms with Crippen LogP contribution in [0.1, 0.15) is 28.2 Å². The Labute approximate surface area is 121 Å². The molecule has 0 bridgehead atoms. The number of nitrogens with one attached hydrogen (secondary N) is 1. The van der Waals surface area contributed by atoms with E-state index in [9.17, 15) is 9.59 Å². The molecule has 1 amide bonds. The van der Waals surface area contributed by atoms with E-state index in [1.54, 1.807) is 23.1 Å². The molecule has 0 spiro atoms. The van der Waals surface area contributed by atoms with Crippen molar-refractivity contribution in [1.29, 1.82) is 0 Å². The second-order valence-corrected chi connectivity index (χ2v) is 4.67. The SMILES string of the molecule is Cc1c(CNC(=O)c2ccn(CCC(=O)O)n2)cnn1C. The molecule has 21 heavy (non-hydrogen) atoms. The molecular weight excluding hydrogens is 274 g/mol. The Morgan fingerprint density at radius 3 is 2.81 bits per heavy atom. The smallest absolute Gasteiger partial charge is 0.305 e. The van der Waals surface area contributed by atoms with Crippen LogP contribution < -0.4 is 5.32 Å². The molecule has 2 rings (SSSR count). The Morgan fingerprint density at radius 1 is 1.43 bits per heavy atom. The average molecular weight is 291 g/mol. The molecule has 0 aliphatic heterocycles. The lowest BCUT2D eigenvalue weighted by Gasteiger charge is -2.03. The first-order valence-corrected chi connectivity index (χ1v) is 6.48. The van der Waals surface area contributed by atoms with Crippen molar-refractivity contribution < 1.29 is 14.7 Å². The molecule has 8 heteroatoms. The van der Waals surface area contributed by atoms with Crippen molar-refractivity contribution in [3.05, 3.63) is 35.4 Å². The van der Waals surface area contributed by atoms with Gasteiger partial charge in [-0.1, -0.05) is 0 Å². The van der Waals surface area contributed by atoms with Gasteiger partial charge in [-0.2, -0.15) is 10.2 Å². The van der Waals surface area contributed by atoms with Crippen LogP contribution in [0.3, 0.4) is 0 Å². The number of rotatable bonds is 6. The summed E-state index contributed by atoms with van der Waals surface area (Å²) in [5.41, 5.74) is 2.19. The van der Waals surface area contributed by atoms with Crippen LogP contribution >= 0.6 is 0 Å². The summed E-state index contributed by atoms with van der Waals surface area (Å²) in [6.45, 7) is 2.54. The minimum absolute atomic E-state index is 0.0301. The van der Waals surface area contributed by atoms with Gasteiger partial charge < -0.3 is 10.4 Å². The number of aromatic nitrogens is 4. The first-order valence-electron chi connectivity index (χ1n) is 6.48. The Balaban J connectivity index is 1.91. The van der Waals surface area contributed by atoms with Crippen molar-refractivity contribution in [2.24, 2.45) is 7.05 Å². The van der Waals surface area contributed by atoms with E-state index in [-0.39, 0.29) is 24.6 Å². The number of hydrogen-bond acceptors (Lipinski definition) is 4. The van der Waals surface area contributed by atoms with Gasteiger partial charge in [-0.05, 0) is 13.0 Å². The maximum atomic E-state index is 12.0. The van der Waals surface area contributed by atoms with Crippen LogP contribution in [0.15, 0.2) is 18.5 Å². The lowest BCUT2D eigenvalue weighted by atomic mass is 10.2. The van der Waals surface area contributed by atoms with Crippen molar-refractivity contribution >= 4 is 11.9 Å². The molecule has 2 N–H and O–H groups in total. The topological polar surface area (TPSA) is 102 Å². The van der Waals surface area contributed by atoms with E-state index in [0.29, 0.717) is 6.54 Å². The van der Waals surface area contributed by atoms with E-state index in [1.165, 1.54) is 4.68 Å². The van der Waals surface area contributed by atoms with Gasteiger partial charge in [0.1, 0.15) is 5.69 Å². The van der Waals surface area contributed by atoms with Crippen LogP contribution in [0, 0.1) is 6.92 Å². The summed E-state index contributed by atoms with van der Waals surface area (Å²) in [5.74, 6) is -1.20. The number of carboxylic acids is 1. The highest BCUT2D eigenvalue weighted by Gasteiger charge is 2.11. The van der Waals surface area contributed by atoms with Crippen molar-refractivity contribution in [2.75, 3.05) is 0 Å². The number of carboxylic acid groups (broad SMARTS) is 1. The van der Waals surface area contributed by atoms with Gasteiger partial charge in [-0.25, -0.2) is 0 Å². The number of aryl methyl sites for hydroxylation is 2. The fourth-order valence-corrected chi connectivity index (χ4v) is 1.80. The molecule has 0 aliphatic rings. The van der Waals surface area contributed by atoms with Gasteiger partial charge in [-0.15, -0.1) is 0 Å². The number of amides is 1. The zero-order chi connectivity index (χ0) is 15.4. The summed E-state index contributed by atoms with van der Waals surface area (Å²) in [7, 11) is 1.84. The highest BCUT2D eigenvalue weighted by molar-refractivity contribution is 5.92. The first-order chi connectivity index (χ1) is 9.97. The first kappa shape index (κ1) is 14.8. The molecule has 0 atom stereocenters. The monoisotopic (exact) mass is 291 g/mol. The number of nitrogens with zero attached hydrogens (tertiary/aromatic N) is 4. The second kappa shape index (κ2) is 6.21. The average Bonchev–Trinajstić information content (AvgIpc) is 3.03. The summed E-state index contributed by atoms with van der Waals surface area (Å²) in [6, 6.07) is 1.56. The van der Waals surface area contributed by atoms with E-state index in [2.05, 4.69) is 15.5 Å². The fraction of sp³-hybridized carbons (Fsp3) is 0.385. The molecule has 0 saturated heterocycles. The Morgan fingerprint density at radius 2 is 2.19 bits per heavy atom. The van der Waals surface area contributed by atoms with Crippen LogP contribution in [0.4, 0.5) is 0 Å². The zero-order valence-corrected chi connectivity index (χ0v) is 11.9. The lowest BCUT2D eigenvalue weighted by Crippen LogP contribution is -2.23. The van der Waals surface area contributed by atoms with Gasteiger partial charge in [0.15, 0.2) is 0 Å². The third-order valence-corrected chi connectivity index (χ3v) is 3.20. The van der Waals surface area contributed by atoms with E-state index in [1.807, 2.05) is 14.0 Å². The molecule has 0 fully saturated rings. The number of hydrogen-bond donors (Lipinski definition) is 2. The van der Waals surface area contributed by atoms with Gasteiger partial charge in [0.2, 0.25) is 0 Å². The summed E-state index contributed by atoms with van der Waals surface area (Å²) in [4.78, 5) is 22.4. The molecule has 0 aliphatic carbocycles. The second-order valence-electron chi connectivity index (χ2n) is 4.67. The van der Waals surface area contributed by atoms with Crippen LogP contribution in [0.5, 0.6) is 0 Å². The molecule has 0 radical (unpaired) electrons. The number of carbonyl (C=O) groups excluding carboxylic acids is 1. The Kier molecular flexibility index (Phi) is 4.36. The number of carbonyl (C=O) groups is 2. The largest absolute Gasteiger partial charge is 0.481 e. The van der Waals surface area contributed by atoms with Crippen LogP contribution in [-0.2, 0) is 24.9 Å². The van der Waals surface area contributed by atoms with Crippen molar-refractivity contribution in [3.8, 4) is 0 Å².